The van der Waals surface area contributed by atoms with Gasteiger partial charge in [-0.25, -0.2) is 0 Å². The number of morpholine rings is 1. The second kappa shape index (κ2) is 10.8. The molecule has 3 aliphatic rings. The van der Waals surface area contributed by atoms with E-state index >= 15 is 0 Å². The molecule has 2 aromatic rings. The summed E-state index contributed by atoms with van der Waals surface area (Å²) in [6.45, 7) is 4.31. The number of ether oxygens (including phenoxy) is 1. The van der Waals surface area contributed by atoms with E-state index in [9.17, 15) is 9.59 Å². The van der Waals surface area contributed by atoms with Crippen LogP contribution in [-0.4, -0.2) is 65.1 Å². The first-order valence-corrected chi connectivity index (χ1v) is 12.8. The Balaban J connectivity index is 1.19. The van der Waals surface area contributed by atoms with Gasteiger partial charge < -0.3 is 15.4 Å². The molecule has 1 aliphatic carbocycles. The highest BCUT2D eigenvalue weighted by Gasteiger charge is 2.44. The fraction of sp³-hybridized carbons (Fsp3) is 0.444. The molecule has 8 heteroatoms. The molecule has 0 radical (unpaired) electrons. The van der Waals surface area contributed by atoms with Gasteiger partial charge in [-0.05, 0) is 54.7 Å². The standard InChI is InChI=1S/C27H32N4O3S/c32-25(28-17-19-4-2-1-3-5-19)21-8-6-20(7-9-21)18-31-26(33)23-16-22(30-12-14-34-15-13-30)10-11-24(23)29-27(31)35/h1-9,22-24H,10-18H2,(H,28,32)(H,29,35). The van der Waals surface area contributed by atoms with Gasteiger partial charge in [-0.1, -0.05) is 42.5 Å². The molecule has 2 amide bonds. The number of benzene rings is 2. The van der Waals surface area contributed by atoms with Gasteiger partial charge in [0, 0.05) is 37.3 Å². The minimum absolute atomic E-state index is 0.0636. The molecule has 3 fully saturated rings. The molecule has 0 aromatic heterocycles. The van der Waals surface area contributed by atoms with Crippen molar-refractivity contribution in [1.29, 1.82) is 0 Å². The molecule has 2 aliphatic heterocycles. The summed E-state index contributed by atoms with van der Waals surface area (Å²) in [6, 6.07) is 17.8. The van der Waals surface area contributed by atoms with Gasteiger partial charge in [-0.3, -0.25) is 19.4 Å². The first-order valence-electron chi connectivity index (χ1n) is 12.4. The molecule has 3 unspecified atom stereocenters. The molecule has 0 bridgehead atoms. The largest absolute Gasteiger partial charge is 0.379 e. The van der Waals surface area contributed by atoms with Gasteiger partial charge in [0.1, 0.15) is 0 Å². The maximum Gasteiger partial charge on any atom is 0.251 e. The Hall–Kier alpha value is -2.81. The fourth-order valence-corrected chi connectivity index (χ4v) is 5.69. The van der Waals surface area contributed by atoms with Crippen molar-refractivity contribution in [3.63, 3.8) is 0 Å². The summed E-state index contributed by atoms with van der Waals surface area (Å²) in [5.41, 5.74) is 2.59. The van der Waals surface area contributed by atoms with E-state index in [4.69, 9.17) is 17.0 Å². The zero-order chi connectivity index (χ0) is 24.2. The number of hydrogen-bond acceptors (Lipinski definition) is 5. The van der Waals surface area contributed by atoms with Crippen LogP contribution in [0.25, 0.3) is 0 Å². The second-order valence-electron chi connectivity index (χ2n) is 9.57. The van der Waals surface area contributed by atoms with Crippen molar-refractivity contribution >= 4 is 29.1 Å². The van der Waals surface area contributed by atoms with Crippen LogP contribution in [0, 0.1) is 5.92 Å². The summed E-state index contributed by atoms with van der Waals surface area (Å²) < 4.78 is 5.50. The summed E-state index contributed by atoms with van der Waals surface area (Å²) in [5, 5.41) is 6.89. The quantitative estimate of drug-likeness (QED) is 0.604. The molecule has 2 aromatic carbocycles. The molecular weight excluding hydrogens is 460 g/mol. The van der Waals surface area contributed by atoms with E-state index < -0.39 is 0 Å². The third kappa shape index (κ3) is 5.55. The van der Waals surface area contributed by atoms with Gasteiger partial charge in [0.15, 0.2) is 5.11 Å². The van der Waals surface area contributed by atoms with Crippen molar-refractivity contribution in [2.45, 2.75) is 44.4 Å². The van der Waals surface area contributed by atoms with Gasteiger partial charge in [-0.15, -0.1) is 0 Å². The molecule has 2 heterocycles. The van der Waals surface area contributed by atoms with Gasteiger partial charge in [-0.2, -0.15) is 0 Å². The number of rotatable bonds is 6. The molecule has 35 heavy (non-hydrogen) atoms. The van der Waals surface area contributed by atoms with Crippen LogP contribution in [0.15, 0.2) is 54.6 Å². The molecule has 3 atom stereocenters. The Morgan fingerprint density at radius 3 is 2.51 bits per heavy atom. The van der Waals surface area contributed by atoms with Crippen molar-refractivity contribution in [2.75, 3.05) is 26.3 Å². The van der Waals surface area contributed by atoms with E-state index in [1.54, 1.807) is 17.0 Å². The van der Waals surface area contributed by atoms with Gasteiger partial charge in [0.25, 0.3) is 5.91 Å². The lowest BCUT2D eigenvalue weighted by Gasteiger charge is -2.46. The molecule has 5 rings (SSSR count). The average Bonchev–Trinajstić information content (AvgIpc) is 2.91. The Labute approximate surface area is 211 Å². The van der Waals surface area contributed by atoms with Crippen molar-refractivity contribution in [1.82, 2.24) is 20.4 Å². The molecule has 1 saturated carbocycles. The van der Waals surface area contributed by atoms with E-state index in [0.717, 1.165) is 56.7 Å². The van der Waals surface area contributed by atoms with Crippen molar-refractivity contribution in [3.8, 4) is 0 Å². The number of hydrogen-bond donors (Lipinski definition) is 2. The van der Waals surface area contributed by atoms with Gasteiger partial charge in [0.2, 0.25) is 5.91 Å². The van der Waals surface area contributed by atoms with E-state index in [0.29, 0.717) is 29.8 Å². The smallest absolute Gasteiger partial charge is 0.251 e. The summed E-state index contributed by atoms with van der Waals surface area (Å²) in [7, 11) is 0. The van der Waals surface area contributed by atoms with Crippen LogP contribution in [-0.2, 0) is 22.6 Å². The fourth-order valence-electron chi connectivity index (χ4n) is 5.38. The van der Waals surface area contributed by atoms with Crippen LogP contribution in [0.3, 0.4) is 0 Å². The van der Waals surface area contributed by atoms with E-state index in [-0.39, 0.29) is 23.8 Å². The number of fused-ring (bicyclic) bond motifs is 1. The van der Waals surface area contributed by atoms with Gasteiger partial charge in [0.05, 0.1) is 25.7 Å². The lowest BCUT2D eigenvalue weighted by Crippen LogP contribution is -2.62. The molecule has 2 saturated heterocycles. The van der Waals surface area contributed by atoms with E-state index in [2.05, 4.69) is 15.5 Å². The average molecular weight is 493 g/mol. The zero-order valence-corrected chi connectivity index (χ0v) is 20.6. The monoisotopic (exact) mass is 492 g/mol. The molecule has 184 valence electrons. The van der Waals surface area contributed by atoms with Crippen molar-refractivity contribution < 1.29 is 14.3 Å². The van der Waals surface area contributed by atoms with E-state index in [1.807, 2.05) is 42.5 Å². The second-order valence-corrected chi connectivity index (χ2v) is 9.95. The van der Waals surface area contributed by atoms with E-state index in [1.165, 1.54) is 0 Å². The third-order valence-corrected chi connectivity index (χ3v) is 7.71. The predicted molar refractivity (Wildman–Crippen MR) is 138 cm³/mol. The van der Waals surface area contributed by atoms with Crippen LogP contribution >= 0.6 is 12.2 Å². The third-order valence-electron chi connectivity index (χ3n) is 7.37. The zero-order valence-electron chi connectivity index (χ0n) is 19.8. The predicted octanol–water partition coefficient (Wildman–Crippen LogP) is 2.70. The highest BCUT2D eigenvalue weighted by Crippen LogP contribution is 2.33. The number of thiocarbonyl (C=S) groups is 1. The summed E-state index contributed by atoms with van der Waals surface area (Å²) in [5.74, 6) is -0.0708. The SMILES string of the molecule is O=C(NCc1ccccc1)c1ccc(CN2C(=O)C3CC(N4CCOCC4)CCC3NC2=S)cc1. The van der Waals surface area contributed by atoms with Gasteiger partial charge >= 0.3 is 0 Å². The lowest BCUT2D eigenvalue weighted by molar-refractivity contribution is -0.136. The Morgan fingerprint density at radius 1 is 1.03 bits per heavy atom. The Kier molecular flexibility index (Phi) is 7.41. The normalized spacial score (nSPS) is 25.0. The number of nitrogens with one attached hydrogen (secondary N) is 2. The number of nitrogens with zero attached hydrogens (tertiary/aromatic N) is 2. The highest BCUT2D eigenvalue weighted by atomic mass is 32.1. The van der Waals surface area contributed by atoms with Crippen LogP contribution < -0.4 is 10.6 Å². The van der Waals surface area contributed by atoms with Crippen LogP contribution in [0.1, 0.15) is 40.7 Å². The van der Waals surface area contributed by atoms with Crippen molar-refractivity contribution in [2.24, 2.45) is 5.92 Å². The minimum atomic E-state index is -0.120. The lowest BCUT2D eigenvalue weighted by atomic mass is 9.79. The molecule has 7 nitrogen and oxygen atoms in total. The highest BCUT2D eigenvalue weighted by molar-refractivity contribution is 7.80. The molecule has 2 N–H and O–H groups in total. The number of amides is 2. The summed E-state index contributed by atoms with van der Waals surface area (Å²) >= 11 is 5.58. The van der Waals surface area contributed by atoms with Crippen LogP contribution in [0.5, 0.6) is 0 Å². The summed E-state index contributed by atoms with van der Waals surface area (Å²) in [4.78, 5) is 30.2. The molecular formula is C27H32N4O3S. The molecule has 0 spiro atoms. The first kappa shape index (κ1) is 23.9. The van der Waals surface area contributed by atoms with Crippen LogP contribution in [0.2, 0.25) is 0 Å². The maximum atomic E-state index is 13.5. The van der Waals surface area contributed by atoms with Crippen LogP contribution in [0.4, 0.5) is 0 Å². The Bertz CT molecular complexity index is 1060. The first-order chi connectivity index (χ1) is 17.1. The Morgan fingerprint density at radius 2 is 1.77 bits per heavy atom. The number of carbonyl (C=O) groups excluding carboxylic acids is 2. The topological polar surface area (TPSA) is 73.9 Å². The van der Waals surface area contributed by atoms with Crippen molar-refractivity contribution in [3.05, 3.63) is 71.3 Å². The number of carbonyl (C=O) groups is 2. The minimum Gasteiger partial charge on any atom is -0.379 e. The maximum absolute atomic E-state index is 13.5. The summed E-state index contributed by atoms with van der Waals surface area (Å²) in [6.07, 6.45) is 2.90.